The maximum Gasteiger partial charge on any atom is 0.329 e. The third-order valence-electron chi connectivity index (χ3n) is 2.49. The fraction of sp³-hybridized carbons (Fsp3) is 0.333. The second-order valence-electron chi connectivity index (χ2n) is 3.55. The predicted octanol–water partition coefficient (Wildman–Crippen LogP) is -1.37. The molecular formula is C9H10N4O3. The average Bonchev–Trinajstić information content (AvgIpc) is 2.25. The van der Waals surface area contributed by atoms with Crippen molar-refractivity contribution < 1.29 is 0 Å². The highest BCUT2D eigenvalue weighted by Gasteiger charge is 2.11. The summed E-state index contributed by atoms with van der Waals surface area (Å²) < 4.78 is 2.12. The van der Waals surface area contributed by atoms with E-state index >= 15 is 0 Å². The highest BCUT2D eigenvalue weighted by molar-refractivity contribution is 5.68. The molecule has 0 spiro atoms. The van der Waals surface area contributed by atoms with Crippen LogP contribution in [-0.4, -0.2) is 19.1 Å². The lowest BCUT2D eigenvalue weighted by molar-refractivity contribution is 0.762. The minimum Gasteiger partial charge on any atom is -0.294 e. The highest BCUT2D eigenvalue weighted by atomic mass is 16.2. The zero-order valence-electron chi connectivity index (χ0n) is 9.07. The Morgan fingerprint density at radius 3 is 2.31 bits per heavy atom. The van der Waals surface area contributed by atoms with Crippen LogP contribution in [0.25, 0.3) is 11.2 Å². The predicted molar refractivity (Wildman–Crippen MR) is 57.6 cm³/mol. The van der Waals surface area contributed by atoms with Gasteiger partial charge in [-0.1, -0.05) is 0 Å². The normalized spacial score (nSPS) is 10.9. The number of rotatable bonds is 0. The molecule has 2 rings (SSSR count). The molecule has 2 heterocycles. The number of nitrogens with zero attached hydrogens (tertiary/aromatic N) is 3. The van der Waals surface area contributed by atoms with Crippen molar-refractivity contribution >= 4 is 11.2 Å². The summed E-state index contributed by atoms with van der Waals surface area (Å²) in [4.78, 5) is 41.0. The van der Waals surface area contributed by atoms with E-state index in [1.807, 2.05) is 0 Å². The Bertz CT molecular complexity index is 750. The molecule has 1 N–H and O–H groups in total. The van der Waals surface area contributed by atoms with Crippen molar-refractivity contribution in [3.63, 3.8) is 0 Å². The SMILES string of the molecule is Cc1nc2c(=O)n(C)c(=O)[nH]c2n(C)c1=O. The first-order chi connectivity index (χ1) is 7.43. The quantitative estimate of drug-likeness (QED) is 0.595. The summed E-state index contributed by atoms with van der Waals surface area (Å²) in [5.74, 6) is 0. The molecule has 0 fully saturated rings. The average molecular weight is 222 g/mol. The van der Waals surface area contributed by atoms with Gasteiger partial charge in [-0.15, -0.1) is 0 Å². The topological polar surface area (TPSA) is 89.8 Å². The van der Waals surface area contributed by atoms with Crippen molar-refractivity contribution in [1.29, 1.82) is 0 Å². The van der Waals surface area contributed by atoms with Crippen LogP contribution in [0.3, 0.4) is 0 Å². The monoisotopic (exact) mass is 222 g/mol. The van der Waals surface area contributed by atoms with Crippen molar-refractivity contribution in [2.24, 2.45) is 14.1 Å². The van der Waals surface area contributed by atoms with Gasteiger partial charge in [0.25, 0.3) is 11.1 Å². The first-order valence-electron chi connectivity index (χ1n) is 4.60. The molecule has 0 aliphatic heterocycles. The van der Waals surface area contributed by atoms with Crippen molar-refractivity contribution in [2.75, 3.05) is 0 Å². The molecule has 2 aromatic rings. The molecule has 7 nitrogen and oxygen atoms in total. The van der Waals surface area contributed by atoms with Gasteiger partial charge in [0.05, 0.1) is 0 Å². The third kappa shape index (κ3) is 1.21. The lowest BCUT2D eigenvalue weighted by Gasteiger charge is -2.05. The standard InChI is InChI=1S/C9H10N4O3/c1-4-7(14)12(2)6-5(10-4)8(15)13(3)9(16)11-6/h1-3H3,(H,11,16). The summed E-state index contributed by atoms with van der Waals surface area (Å²) in [6.07, 6.45) is 0. The molecule has 0 bridgehead atoms. The van der Waals surface area contributed by atoms with Crippen molar-refractivity contribution in [3.8, 4) is 0 Å². The van der Waals surface area contributed by atoms with E-state index in [4.69, 9.17) is 0 Å². The summed E-state index contributed by atoms with van der Waals surface area (Å²) in [6, 6.07) is 0. The zero-order valence-corrected chi connectivity index (χ0v) is 9.07. The van der Waals surface area contributed by atoms with Crippen LogP contribution in [0.15, 0.2) is 14.4 Å². The Balaban J connectivity index is 3.22. The Labute approximate surface area is 89.0 Å². The van der Waals surface area contributed by atoms with Crippen LogP contribution in [0.1, 0.15) is 5.69 Å². The highest BCUT2D eigenvalue weighted by Crippen LogP contribution is 1.97. The zero-order chi connectivity index (χ0) is 12.0. The summed E-state index contributed by atoms with van der Waals surface area (Å²) >= 11 is 0. The van der Waals surface area contributed by atoms with Crippen LogP contribution in [-0.2, 0) is 14.1 Å². The van der Waals surface area contributed by atoms with Crippen molar-refractivity contribution in [2.45, 2.75) is 6.92 Å². The van der Waals surface area contributed by atoms with E-state index < -0.39 is 11.2 Å². The van der Waals surface area contributed by atoms with Crippen molar-refractivity contribution in [3.05, 3.63) is 36.9 Å². The molecule has 84 valence electrons. The molecule has 0 atom stereocenters. The second kappa shape index (κ2) is 3.16. The van der Waals surface area contributed by atoms with Gasteiger partial charge in [0.1, 0.15) is 11.3 Å². The first-order valence-corrected chi connectivity index (χ1v) is 4.60. The number of H-pyrrole nitrogens is 1. The third-order valence-corrected chi connectivity index (χ3v) is 2.49. The van der Waals surface area contributed by atoms with Crippen LogP contribution in [0.4, 0.5) is 0 Å². The van der Waals surface area contributed by atoms with Crippen LogP contribution in [0, 0.1) is 6.92 Å². The Morgan fingerprint density at radius 1 is 1.06 bits per heavy atom. The van der Waals surface area contributed by atoms with Gasteiger partial charge < -0.3 is 0 Å². The Kier molecular flexibility index (Phi) is 2.04. The molecule has 0 aliphatic carbocycles. The first kappa shape index (κ1) is 10.3. The number of aromatic nitrogens is 4. The number of nitrogens with one attached hydrogen (secondary N) is 1. The number of aryl methyl sites for hydroxylation is 2. The summed E-state index contributed by atoms with van der Waals surface area (Å²) in [5, 5.41) is 0. The van der Waals surface area contributed by atoms with Crippen LogP contribution in [0.5, 0.6) is 0 Å². The minimum atomic E-state index is -0.571. The van der Waals surface area contributed by atoms with E-state index in [9.17, 15) is 14.4 Å². The largest absolute Gasteiger partial charge is 0.329 e. The maximum atomic E-state index is 11.7. The number of hydrogen-bond donors (Lipinski definition) is 1. The molecule has 0 unspecified atom stereocenters. The van der Waals surface area contributed by atoms with Crippen LogP contribution >= 0.6 is 0 Å². The van der Waals surface area contributed by atoms with Crippen LogP contribution < -0.4 is 16.8 Å². The summed E-state index contributed by atoms with van der Waals surface area (Å²) in [5.41, 5.74) is -0.975. The molecule has 7 heteroatoms. The molecule has 16 heavy (non-hydrogen) atoms. The second-order valence-corrected chi connectivity index (χ2v) is 3.55. The fourth-order valence-electron chi connectivity index (χ4n) is 1.50. The Morgan fingerprint density at radius 2 is 1.69 bits per heavy atom. The van der Waals surface area contributed by atoms with E-state index in [-0.39, 0.29) is 22.4 Å². The summed E-state index contributed by atoms with van der Waals surface area (Å²) in [7, 11) is 2.83. The van der Waals surface area contributed by atoms with Gasteiger partial charge in [0.2, 0.25) is 0 Å². The van der Waals surface area contributed by atoms with Crippen molar-refractivity contribution in [1.82, 2.24) is 19.1 Å². The summed E-state index contributed by atoms with van der Waals surface area (Å²) in [6.45, 7) is 1.52. The minimum absolute atomic E-state index is 0.0849. The maximum absolute atomic E-state index is 11.7. The fourth-order valence-corrected chi connectivity index (χ4v) is 1.50. The number of fused-ring (bicyclic) bond motifs is 1. The molecule has 0 saturated carbocycles. The molecule has 0 aliphatic rings. The lowest BCUT2D eigenvalue weighted by atomic mass is 10.4. The molecule has 0 radical (unpaired) electrons. The number of hydrogen-bond acceptors (Lipinski definition) is 4. The van der Waals surface area contributed by atoms with Gasteiger partial charge >= 0.3 is 5.69 Å². The van der Waals surface area contributed by atoms with E-state index in [0.29, 0.717) is 0 Å². The van der Waals surface area contributed by atoms with E-state index in [1.54, 1.807) is 0 Å². The molecule has 2 aromatic heterocycles. The van der Waals surface area contributed by atoms with Gasteiger partial charge in [0.15, 0.2) is 5.52 Å². The smallest absolute Gasteiger partial charge is 0.294 e. The van der Waals surface area contributed by atoms with Gasteiger partial charge in [-0.3, -0.25) is 23.7 Å². The molecule has 0 aromatic carbocycles. The van der Waals surface area contributed by atoms with Crippen LogP contribution in [0.2, 0.25) is 0 Å². The van der Waals surface area contributed by atoms with Gasteiger partial charge in [-0.25, -0.2) is 9.78 Å². The number of aromatic amines is 1. The molecular weight excluding hydrogens is 212 g/mol. The Hall–Kier alpha value is -2.18. The van der Waals surface area contributed by atoms with E-state index in [1.165, 1.54) is 25.6 Å². The van der Waals surface area contributed by atoms with Gasteiger partial charge in [0, 0.05) is 14.1 Å². The van der Waals surface area contributed by atoms with Gasteiger partial charge in [-0.05, 0) is 6.92 Å². The van der Waals surface area contributed by atoms with E-state index in [2.05, 4.69) is 9.97 Å². The van der Waals surface area contributed by atoms with E-state index in [0.717, 1.165) is 4.57 Å². The molecule has 0 amide bonds. The molecule has 0 saturated heterocycles. The lowest BCUT2D eigenvalue weighted by Crippen LogP contribution is -2.36. The van der Waals surface area contributed by atoms with Gasteiger partial charge in [-0.2, -0.15) is 0 Å².